The Labute approximate surface area is 118 Å². The van der Waals surface area contributed by atoms with Gasteiger partial charge in [0.1, 0.15) is 5.82 Å². The van der Waals surface area contributed by atoms with Crippen LogP contribution in [0.4, 0.5) is 0 Å². The molecule has 0 saturated heterocycles. The van der Waals surface area contributed by atoms with E-state index in [2.05, 4.69) is 45.8 Å². The summed E-state index contributed by atoms with van der Waals surface area (Å²) in [6.45, 7) is 3.94. The van der Waals surface area contributed by atoms with Crippen LogP contribution in [0.25, 0.3) is 0 Å². The summed E-state index contributed by atoms with van der Waals surface area (Å²) in [7, 11) is 0. The summed E-state index contributed by atoms with van der Waals surface area (Å²) in [5.41, 5.74) is 1.29. The quantitative estimate of drug-likeness (QED) is 0.712. The van der Waals surface area contributed by atoms with Gasteiger partial charge in [-0.15, -0.1) is 0 Å². The standard InChI is InChI=1S/C16H18N4/c1-14(15-6-3-2-4-7-15)16-17-9-11-19(16)12-13-20-10-5-8-18-20/h2-11,14H,12-13H2,1H3. The number of hydrogen-bond acceptors (Lipinski definition) is 2. The first kappa shape index (κ1) is 12.7. The smallest absolute Gasteiger partial charge is 0.115 e. The lowest BCUT2D eigenvalue weighted by molar-refractivity contribution is 0.515. The highest BCUT2D eigenvalue weighted by Gasteiger charge is 2.13. The normalized spacial score (nSPS) is 12.4. The van der Waals surface area contributed by atoms with Crippen LogP contribution in [-0.2, 0) is 13.1 Å². The zero-order chi connectivity index (χ0) is 13.8. The van der Waals surface area contributed by atoms with Crippen LogP contribution in [0, 0.1) is 0 Å². The molecule has 0 aliphatic carbocycles. The largest absolute Gasteiger partial charge is 0.333 e. The summed E-state index contributed by atoms with van der Waals surface area (Å²) in [5.74, 6) is 1.40. The van der Waals surface area contributed by atoms with Crippen LogP contribution >= 0.6 is 0 Å². The molecule has 0 bridgehead atoms. The first-order valence-electron chi connectivity index (χ1n) is 6.88. The van der Waals surface area contributed by atoms with Crippen molar-refractivity contribution >= 4 is 0 Å². The van der Waals surface area contributed by atoms with Gasteiger partial charge in [0.2, 0.25) is 0 Å². The molecule has 2 heterocycles. The van der Waals surface area contributed by atoms with Crippen molar-refractivity contribution in [3.63, 3.8) is 0 Å². The van der Waals surface area contributed by atoms with Crippen LogP contribution in [0.5, 0.6) is 0 Å². The van der Waals surface area contributed by atoms with E-state index in [1.165, 1.54) is 5.56 Å². The molecule has 0 aliphatic rings. The van der Waals surface area contributed by atoms with E-state index in [0.29, 0.717) is 5.92 Å². The Morgan fingerprint density at radius 3 is 2.60 bits per heavy atom. The van der Waals surface area contributed by atoms with Gasteiger partial charge in [0.25, 0.3) is 0 Å². The summed E-state index contributed by atoms with van der Waals surface area (Å²) in [4.78, 5) is 4.53. The lowest BCUT2D eigenvalue weighted by Gasteiger charge is -2.14. The van der Waals surface area contributed by atoms with E-state index in [9.17, 15) is 0 Å². The number of aromatic nitrogens is 4. The summed E-state index contributed by atoms with van der Waals surface area (Å²) >= 11 is 0. The second kappa shape index (κ2) is 5.74. The molecule has 0 saturated carbocycles. The maximum atomic E-state index is 4.53. The molecule has 0 spiro atoms. The van der Waals surface area contributed by atoms with Gasteiger partial charge in [-0.05, 0) is 11.6 Å². The fourth-order valence-corrected chi connectivity index (χ4v) is 2.42. The zero-order valence-corrected chi connectivity index (χ0v) is 11.6. The number of aryl methyl sites for hydroxylation is 2. The van der Waals surface area contributed by atoms with E-state index in [1.54, 1.807) is 6.20 Å². The van der Waals surface area contributed by atoms with Crippen LogP contribution in [0.2, 0.25) is 0 Å². The van der Waals surface area contributed by atoms with Gasteiger partial charge in [0, 0.05) is 37.3 Å². The van der Waals surface area contributed by atoms with E-state index in [0.717, 1.165) is 18.9 Å². The van der Waals surface area contributed by atoms with Crippen molar-refractivity contribution in [2.24, 2.45) is 0 Å². The van der Waals surface area contributed by atoms with Crippen molar-refractivity contribution in [3.8, 4) is 0 Å². The first-order chi connectivity index (χ1) is 9.84. The van der Waals surface area contributed by atoms with Gasteiger partial charge < -0.3 is 4.57 Å². The maximum Gasteiger partial charge on any atom is 0.115 e. The molecule has 4 heteroatoms. The topological polar surface area (TPSA) is 35.6 Å². The highest BCUT2D eigenvalue weighted by atomic mass is 15.3. The van der Waals surface area contributed by atoms with Crippen molar-refractivity contribution in [3.05, 3.63) is 72.6 Å². The molecular formula is C16H18N4. The predicted octanol–water partition coefficient (Wildman–Crippen LogP) is 2.93. The molecule has 102 valence electrons. The average molecular weight is 266 g/mol. The van der Waals surface area contributed by atoms with Gasteiger partial charge in [-0.25, -0.2) is 4.98 Å². The summed E-state index contributed by atoms with van der Waals surface area (Å²) in [5, 5.41) is 4.23. The molecule has 1 aromatic carbocycles. The van der Waals surface area contributed by atoms with E-state index in [4.69, 9.17) is 0 Å². The molecule has 1 unspecified atom stereocenters. The highest BCUT2D eigenvalue weighted by molar-refractivity contribution is 5.24. The van der Waals surface area contributed by atoms with Crippen molar-refractivity contribution in [2.75, 3.05) is 0 Å². The van der Waals surface area contributed by atoms with Crippen molar-refractivity contribution in [1.29, 1.82) is 0 Å². The van der Waals surface area contributed by atoms with E-state index < -0.39 is 0 Å². The Morgan fingerprint density at radius 2 is 1.85 bits per heavy atom. The van der Waals surface area contributed by atoms with Gasteiger partial charge in [-0.1, -0.05) is 37.3 Å². The number of nitrogens with zero attached hydrogens (tertiary/aromatic N) is 4. The lowest BCUT2D eigenvalue weighted by Crippen LogP contribution is -2.12. The monoisotopic (exact) mass is 266 g/mol. The molecular weight excluding hydrogens is 248 g/mol. The first-order valence-corrected chi connectivity index (χ1v) is 6.88. The second-order valence-electron chi connectivity index (χ2n) is 4.88. The molecule has 3 rings (SSSR count). The van der Waals surface area contributed by atoms with Crippen LogP contribution in [-0.4, -0.2) is 19.3 Å². The Morgan fingerprint density at radius 1 is 1.00 bits per heavy atom. The van der Waals surface area contributed by atoms with E-state index >= 15 is 0 Å². The number of hydrogen-bond donors (Lipinski definition) is 0. The zero-order valence-electron chi connectivity index (χ0n) is 11.6. The van der Waals surface area contributed by atoms with E-state index in [1.807, 2.05) is 35.4 Å². The molecule has 4 nitrogen and oxygen atoms in total. The third-order valence-electron chi connectivity index (χ3n) is 3.56. The van der Waals surface area contributed by atoms with Gasteiger partial charge in [0.15, 0.2) is 0 Å². The summed E-state index contributed by atoms with van der Waals surface area (Å²) in [6.07, 6.45) is 7.70. The van der Waals surface area contributed by atoms with Crippen LogP contribution in [0.1, 0.15) is 24.2 Å². The Balaban J connectivity index is 1.76. The van der Waals surface area contributed by atoms with Crippen LogP contribution < -0.4 is 0 Å². The Bertz CT molecular complexity index is 640. The molecule has 0 aliphatic heterocycles. The molecule has 0 radical (unpaired) electrons. The second-order valence-corrected chi connectivity index (χ2v) is 4.88. The SMILES string of the molecule is CC(c1ccccc1)c1nccn1CCn1cccn1. The molecule has 0 amide bonds. The number of imidazole rings is 1. The molecule has 20 heavy (non-hydrogen) atoms. The van der Waals surface area contributed by atoms with Gasteiger partial charge in [0.05, 0.1) is 6.54 Å². The minimum Gasteiger partial charge on any atom is -0.333 e. The van der Waals surface area contributed by atoms with E-state index in [-0.39, 0.29) is 0 Å². The minimum absolute atomic E-state index is 0.295. The Kier molecular flexibility index (Phi) is 3.63. The molecule has 2 aromatic heterocycles. The van der Waals surface area contributed by atoms with Crippen molar-refractivity contribution in [2.45, 2.75) is 25.9 Å². The fourth-order valence-electron chi connectivity index (χ4n) is 2.42. The lowest BCUT2D eigenvalue weighted by atomic mass is 10.0. The summed E-state index contributed by atoms with van der Waals surface area (Å²) in [6, 6.07) is 12.4. The predicted molar refractivity (Wildman–Crippen MR) is 78.4 cm³/mol. The van der Waals surface area contributed by atoms with Gasteiger partial charge in [-0.3, -0.25) is 4.68 Å². The Hall–Kier alpha value is -2.36. The molecule has 0 fully saturated rings. The van der Waals surface area contributed by atoms with Gasteiger partial charge in [-0.2, -0.15) is 5.10 Å². The van der Waals surface area contributed by atoms with Crippen LogP contribution in [0.3, 0.4) is 0 Å². The number of benzene rings is 1. The maximum absolute atomic E-state index is 4.53. The van der Waals surface area contributed by atoms with Crippen LogP contribution in [0.15, 0.2) is 61.2 Å². The highest BCUT2D eigenvalue weighted by Crippen LogP contribution is 2.22. The molecule has 0 N–H and O–H groups in total. The summed E-state index contributed by atoms with van der Waals surface area (Å²) < 4.78 is 4.15. The van der Waals surface area contributed by atoms with Crippen molar-refractivity contribution in [1.82, 2.24) is 19.3 Å². The van der Waals surface area contributed by atoms with Gasteiger partial charge >= 0.3 is 0 Å². The molecule has 3 aromatic rings. The third kappa shape index (κ3) is 2.64. The molecule has 1 atom stereocenters. The average Bonchev–Trinajstić information content (AvgIpc) is 3.16. The van der Waals surface area contributed by atoms with Crippen molar-refractivity contribution < 1.29 is 0 Å². The minimum atomic E-state index is 0.295. The number of rotatable bonds is 5. The third-order valence-corrected chi connectivity index (χ3v) is 3.56. The fraction of sp³-hybridized carbons (Fsp3) is 0.250.